The average molecular weight is 579 g/mol. The van der Waals surface area contributed by atoms with Crippen molar-refractivity contribution in [2.45, 2.75) is 64.1 Å². The molecule has 0 spiro atoms. The van der Waals surface area contributed by atoms with Gasteiger partial charge in [0.25, 0.3) is 5.91 Å². The summed E-state index contributed by atoms with van der Waals surface area (Å²) in [5.74, 6) is -1.05. The summed E-state index contributed by atoms with van der Waals surface area (Å²) in [7, 11) is 0. The number of aromatic nitrogens is 2. The van der Waals surface area contributed by atoms with E-state index in [1.54, 1.807) is 11.0 Å². The number of benzene rings is 2. The highest BCUT2D eigenvalue weighted by molar-refractivity contribution is 6.32. The number of rotatable bonds is 4. The van der Waals surface area contributed by atoms with Gasteiger partial charge in [0.1, 0.15) is 11.6 Å². The van der Waals surface area contributed by atoms with Crippen LogP contribution in [-0.2, 0) is 14.3 Å². The Hall–Kier alpha value is -4.12. The maximum Gasteiger partial charge on any atom is 0.410 e. The molecule has 2 N–H and O–H groups in total. The van der Waals surface area contributed by atoms with Crippen LogP contribution in [0.3, 0.4) is 0 Å². The van der Waals surface area contributed by atoms with E-state index < -0.39 is 17.6 Å². The smallest absolute Gasteiger partial charge is 0.410 e. The van der Waals surface area contributed by atoms with Gasteiger partial charge in [-0.2, -0.15) is 5.10 Å². The Labute approximate surface area is 241 Å². The quantitative estimate of drug-likeness (QED) is 0.427. The van der Waals surface area contributed by atoms with Crippen molar-refractivity contribution in [3.63, 3.8) is 0 Å². The van der Waals surface area contributed by atoms with E-state index in [1.807, 2.05) is 55.9 Å². The Kier molecular flexibility index (Phi) is 6.64. The zero-order chi connectivity index (χ0) is 29.1. The Morgan fingerprint density at radius 1 is 1.07 bits per heavy atom. The minimum atomic E-state index is -0.746. The minimum Gasteiger partial charge on any atom is -0.444 e. The molecule has 1 atom stereocenters. The third-order valence-corrected chi connectivity index (χ3v) is 7.97. The van der Waals surface area contributed by atoms with Crippen LogP contribution < -0.4 is 15.5 Å². The van der Waals surface area contributed by atoms with Gasteiger partial charge in [0.2, 0.25) is 11.8 Å². The van der Waals surface area contributed by atoms with Crippen molar-refractivity contribution in [1.29, 1.82) is 0 Å². The number of hydrogen-bond acceptors (Lipinski definition) is 7. The molecule has 0 bridgehead atoms. The number of carbonyl (C=O) groups is 4. The molecular formula is C29H31ClN6O5. The van der Waals surface area contributed by atoms with Gasteiger partial charge in [-0.15, -0.1) is 0 Å². The van der Waals surface area contributed by atoms with Gasteiger partial charge >= 0.3 is 6.09 Å². The third kappa shape index (κ3) is 4.99. The molecule has 12 heteroatoms. The highest BCUT2D eigenvalue weighted by Crippen LogP contribution is 2.43. The summed E-state index contributed by atoms with van der Waals surface area (Å²) in [5, 5.41) is 12.1. The number of halogens is 1. The van der Waals surface area contributed by atoms with Gasteiger partial charge in [0.15, 0.2) is 5.15 Å². The van der Waals surface area contributed by atoms with Crippen molar-refractivity contribution in [2.75, 3.05) is 23.3 Å². The lowest BCUT2D eigenvalue weighted by Gasteiger charge is -2.33. The van der Waals surface area contributed by atoms with E-state index in [9.17, 15) is 19.2 Å². The zero-order valence-corrected chi connectivity index (χ0v) is 23.8. The summed E-state index contributed by atoms with van der Waals surface area (Å²) in [6, 6.07) is 8.47. The molecule has 11 nitrogen and oxygen atoms in total. The topological polar surface area (TPSA) is 126 Å². The Bertz CT molecular complexity index is 1590. The maximum atomic E-state index is 13.4. The molecule has 4 amide bonds. The van der Waals surface area contributed by atoms with Gasteiger partial charge in [-0.3, -0.25) is 29.3 Å². The van der Waals surface area contributed by atoms with Crippen LogP contribution in [0.5, 0.6) is 0 Å². The average Bonchev–Trinajstić information content (AvgIpc) is 3.42. The fourth-order valence-corrected chi connectivity index (χ4v) is 5.96. The lowest BCUT2D eigenvalue weighted by atomic mass is 10.0. The first-order valence-electron chi connectivity index (χ1n) is 13.7. The van der Waals surface area contributed by atoms with Crippen molar-refractivity contribution in [3.8, 4) is 0 Å². The van der Waals surface area contributed by atoms with E-state index in [2.05, 4.69) is 15.7 Å². The molecule has 0 aliphatic carbocycles. The molecule has 3 aromatic rings. The number of nitrogens with one attached hydrogen (secondary N) is 2. The number of carbonyl (C=O) groups excluding carboxylic acids is 4. The van der Waals surface area contributed by atoms with Crippen molar-refractivity contribution in [1.82, 2.24) is 20.0 Å². The molecule has 2 saturated heterocycles. The van der Waals surface area contributed by atoms with Crippen LogP contribution >= 0.6 is 11.6 Å². The lowest BCUT2D eigenvalue weighted by Crippen LogP contribution is -2.53. The first-order chi connectivity index (χ1) is 19.5. The number of nitrogens with zero attached hydrogens (tertiary/aromatic N) is 4. The Morgan fingerprint density at radius 3 is 2.54 bits per heavy atom. The number of likely N-dealkylation sites (tertiary alicyclic amines) is 1. The molecule has 4 heterocycles. The summed E-state index contributed by atoms with van der Waals surface area (Å²) in [6.45, 7) is 6.68. The molecule has 3 aliphatic heterocycles. The van der Waals surface area contributed by atoms with Crippen molar-refractivity contribution in [3.05, 3.63) is 47.2 Å². The highest BCUT2D eigenvalue weighted by atomic mass is 35.5. The lowest BCUT2D eigenvalue weighted by molar-refractivity contribution is -0.134. The standard InChI is InChI=1S/C29H31ClN6O5/c1-29(2,3)41-28(40)34-13-11-16(12-14-34)35-15-20(25(30)33-35)31-19-7-8-21-24-17(19)5-4-6-18(24)27(39)36(21)22-9-10-23(37)32-26(22)38/h4-8,15-16,22,31H,9-14H2,1-3H3,(H,32,37,38). The van der Waals surface area contributed by atoms with E-state index in [4.69, 9.17) is 16.3 Å². The number of piperidine rings is 2. The summed E-state index contributed by atoms with van der Waals surface area (Å²) in [4.78, 5) is 53.3. The molecule has 214 valence electrons. The molecule has 0 radical (unpaired) electrons. The van der Waals surface area contributed by atoms with Gasteiger partial charge in [-0.05, 0) is 58.2 Å². The molecule has 3 aliphatic rings. The monoisotopic (exact) mass is 578 g/mol. The molecule has 2 aromatic carbocycles. The molecule has 6 rings (SSSR count). The zero-order valence-electron chi connectivity index (χ0n) is 23.1. The van der Waals surface area contributed by atoms with Crippen LogP contribution in [0.15, 0.2) is 36.5 Å². The SMILES string of the molecule is CC(C)(C)OC(=O)N1CCC(n2cc(Nc3ccc4c5c(cccc35)C(=O)N4C3CCC(=O)NC3=O)c(Cl)n2)CC1. The number of anilines is 3. The van der Waals surface area contributed by atoms with Gasteiger partial charge < -0.3 is 15.0 Å². The first kappa shape index (κ1) is 27.1. The summed E-state index contributed by atoms with van der Waals surface area (Å²) in [5.41, 5.74) is 1.96. The van der Waals surface area contributed by atoms with E-state index in [0.29, 0.717) is 35.2 Å². The second kappa shape index (κ2) is 10.1. The van der Waals surface area contributed by atoms with Crippen LogP contribution in [0.1, 0.15) is 62.9 Å². The van der Waals surface area contributed by atoms with Crippen LogP contribution in [-0.4, -0.2) is 63.2 Å². The van der Waals surface area contributed by atoms with Gasteiger partial charge in [-0.25, -0.2) is 4.79 Å². The van der Waals surface area contributed by atoms with E-state index in [1.165, 1.54) is 4.90 Å². The van der Waals surface area contributed by atoms with Crippen LogP contribution in [0.25, 0.3) is 10.8 Å². The largest absolute Gasteiger partial charge is 0.444 e. The fraction of sp³-hybridized carbons (Fsp3) is 0.414. The number of hydrogen-bond donors (Lipinski definition) is 2. The van der Waals surface area contributed by atoms with Gasteiger partial charge in [0.05, 0.1) is 23.6 Å². The Morgan fingerprint density at radius 2 is 1.83 bits per heavy atom. The normalized spacial score (nSPS) is 19.6. The van der Waals surface area contributed by atoms with E-state index in [-0.39, 0.29) is 36.8 Å². The van der Waals surface area contributed by atoms with Crippen LogP contribution in [0.2, 0.25) is 5.15 Å². The molecule has 0 saturated carbocycles. The predicted molar refractivity (Wildman–Crippen MR) is 154 cm³/mol. The van der Waals surface area contributed by atoms with Crippen molar-refractivity contribution in [2.24, 2.45) is 0 Å². The molecule has 2 fully saturated rings. The van der Waals surface area contributed by atoms with Crippen LogP contribution in [0, 0.1) is 0 Å². The van der Waals surface area contributed by atoms with Crippen molar-refractivity contribution < 1.29 is 23.9 Å². The molecule has 41 heavy (non-hydrogen) atoms. The van der Waals surface area contributed by atoms with E-state index in [0.717, 1.165) is 29.3 Å². The second-order valence-corrected chi connectivity index (χ2v) is 12.0. The fourth-order valence-electron chi connectivity index (χ4n) is 5.78. The summed E-state index contributed by atoms with van der Waals surface area (Å²) >= 11 is 6.55. The second-order valence-electron chi connectivity index (χ2n) is 11.6. The summed E-state index contributed by atoms with van der Waals surface area (Å²) in [6.07, 6.45) is 3.45. The number of imide groups is 1. The predicted octanol–water partition coefficient (Wildman–Crippen LogP) is 4.77. The van der Waals surface area contributed by atoms with E-state index >= 15 is 0 Å². The van der Waals surface area contributed by atoms with Gasteiger partial charge in [-0.1, -0.05) is 23.7 Å². The summed E-state index contributed by atoms with van der Waals surface area (Å²) < 4.78 is 7.34. The molecule has 1 aromatic heterocycles. The number of ether oxygens (including phenoxy) is 1. The highest BCUT2D eigenvalue weighted by Gasteiger charge is 2.41. The number of amides is 4. The minimum absolute atomic E-state index is 0.0780. The van der Waals surface area contributed by atoms with Gasteiger partial charge in [0, 0.05) is 41.5 Å². The molecule has 1 unspecified atom stereocenters. The Balaban J connectivity index is 1.22. The van der Waals surface area contributed by atoms with Crippen LogP contribution in [0.4, 0.5) is 21.9 Å². The first-order valence-corrected chi connectivity index (χ1v) is 14.1. The molecular weight excluding hydrogens is 548 g/mol. The van der Waals surface area contributed by atoms with Crippen molar-refractivity contribution >= 4 is 63.3 Å². The third-order valence-electron chi connectivity index (χ3n) is 7.70. The maximum absolute atomic E-state index is 13.4.